The van der Waals surface area contributed by atoms with Crippen LogP contribution in [0.4, 0.5) is 22.7 Å². The van der Waals surface area contributed by atoms with Crippen LogP contribution in [0, 0.1) is 38.0 Å². The SMILES string of the molecule is CC1=CC(=O)C2=C(C1=O)C(c1cc(Cl)ccc1O)C1=CCC3C(=O)N(c4cc([N+](=O)[O-])c(N(C)C)c([N+](=O)[O-])c4)C(=O)C3C1C2. The summed E-state index contributed by atoms with van der Waals surface area (Å²) in [5.74, 6) is -6.08. The molecule has 1 N–H and O–H groups in total. The van der Waals surface area contributed by atoms with Crippen molar-refractivity contribution < 1.29 is 34.1 Å². The molecular formula is C31H25ClN4O9. The molecule has 1 fully saturated rings. The number of amides is 2. The minimum Gasteiger partial charge on any atom is -0.508 e. The topological polar surface area (TPSA) is 181 Å². The summed E-state index contributed by atoms with van der Waals surface area (Å²) in [4.78, 5) is 79.1. The molecule has 14 heteroatoms. The molecule has 1 saturated heterocycles. The third-order valence-electron chi connectivity index (χ3n) is 9.02. The molecule has 2 aromatic rings. The number of nitro groups is 2. The van der Waals surface area contributed by atoms with Crippen LogP contribution < -0.4 is 9.80 Å². The number of carbonyl (C=O) groups excluding carboxylic acids is 4. The fraction of sp³-hybridized carbons (Fsp3) is 0.290. The zero-order valence-electron chi connectivity index (χ0n) is 24.1. The summed E-state index contributed by atoms with van der Waals surface area (Å²) < 4.78 is 0. The number of Topliss-reactive ketones (excluding diaryl/α,β-unsaturated/α-hetero) is 1. The maximum atomic E-state index is 14.2. The summed E-state index contributed by atoms with van der Waals surface area (Å²) in [6.07, 6.45) is 2.97. The lowest BCUT2D eigenvalue weighted by Crippen LogP contribution is -2.39. The second-order valence-corrected chi connectivity index (χ2v) is 12.1. The molecule has 3 aliphatic carbocycles. The number of anilines is 2. The van der Waals surface area contributed by atoms with Crippen LogP contribution in [-0.4, -0.2) is 52.4 Å². The number of benzene rings is 2. The van der Waals surface area contributed by atoms with Crippen LogP contribution in [0.1, 0.15) is 31.2 Å². The number of halogens is 1. The monoisotopic (exact) mass is 632 g/mol. The van der Waals surface area contributed by atoms with E-state index in [4.69, 9.17) is 11.6 Å². The van der Waals surface area contributed by atoms with Gasteiger partial charge < -0.3 is 10.0 Å². The van der Waals surface area contributed by atoms with Gasteiger partial charge in [-0.05, 0) is 50.0 Å². The van der Waals surface area contributed by atoms with Crippen molar-refractivity contribution >= 4 is 57.7 Å². The second-order valence-electron chi connectivity index (χ2n) is 11.7. The fourth-order valence-corrected chi connectivity index (χ4v) is 7.36. The molecule has 13 nitrogen and oxygen atoms in total. The molecule has 45 heavy (non-hydrogen) atoms. The highest BCUT2D eigenvalue weighted by atomic mass is 35.5. The van der Waals surface area contributed by atoms with E-state index < -0.39 is 62.5 Å². The number of phenols is 1. The number of hydrogen-bond acceptors (Lipinski definition) is 10. The Kier molecular flexibility index (Phi) is 6.96. The first kappa shape index (κ1) is 29.9. The molecule has 1 heterocycles. The first-order valence-corrected chi connectivity index (χ1v) is 14.3. The van der Waals surface area contributed by atoms with Crippen molar-refractivity contribution in [3.8, 4) is 5.75 Å². The van der Waals surface area contributed by atoms with Gasteiger partial charge in [-0.3, -0.25) is 39.4 Å². The number of rotatable bonds is 5. The van der Waals surface area contributed by atoms with Crippen molar-refractivity contribution in [1.82, 2.24) is 0 Å². The third-order valence-corrected chi connectivity index (χ3v) is 9.25. The van der Waals surface area contributed by atoms with E-state index in [1.54, 1.807) is 6.08 Å². The standard InChI is InChI=1S/C31H25ClN4O9/c1-13-8-24(38)20-12-18-16(25(27(20)29(13)39)19-9-14(32)4-7-23(19)37)5-6-17-26(18)31(41)34(30(17)40)15-10-21(35(42)43)28(33(2)3)22(11-15)36(44)45/h4-5,7-11,17-18,25-26,37H,6,12H2,1-3H3. The number of nitro benzene ring substituents is 2. The summed E-state index contributed by atoms with van der Waals surface area (Å²) in [5, 5.41) is 35.1. The minimum absolute atomic E-state index is 0.0404. The van der Waals surface area contributed by atoms with Crippen LogP contribution in [0.25, 0.3) is 0 Å². The van der Waals surface area contributed by atoms with E-state index in [-0.39, 0.29) is 63.1 Å². The van der Waals surface area contributed by atoms with Crippen molar-refractivity contribution in [2.75, 3.05) is 23.9 Å². The van der Waals surface area contributed by atoms with Gasteiger partial charge in [-0.2, -0.15) is 0 Å². The Morgan fingerprint density at radius 2 is 1.62 bits per heavy atom. The molecule has 4 atom stereocenters. The summed E-state index contributed by atoms with van der Waals surface area (Å²) in [7, 11) is 2.80. The van der Waals surface area contributed by atoms with E-state index in [2.05, 4.69) is 0 Å². The molecule has 0 radical (unpaired) electrons. The van der Waals surface area contributed by atoms with Gasteiger partial charge in [-0.1, -0.05) is 23.3 Å². The van der Waals surface area contributed by atoms with E-state index in [9.17, 15) is 44.5 Å². The molecule has 0 spiro atoms. The Bertz CT molecular complexity index is 1860. The van der Waals surface area contributed by atoms with Crippen LogP contribution in [0.5, 0.6) is 5.75 Å². The highest BCUT2D eigenvalue weighted by Crippen LogP contribution is 2.57. The molecular weight excluding hydrogens is 608 g/mol. The Morgan fingerprint density at radius 1 is 0.978 bits per heavy atom. The van der Waals surface area contributed by atoms with Crippen LogP contribution in [0.15, 0.2) is 64.8 Å². The third kappa shape index (κ3) is 4.45. The molecule has 2 amide bonds. The lowest BCUT2D eigenvalue weighted by atomic mass is 9.59. The summed E-state index contributed by atoms with van der Waals surface area (Å²) >= 11 is 6.28. The number of allylic oxidation sites excluding steroid dienone is 6. The Hall–Kier alpha value is -5.17. The maximum absolute atomic E-state index is 14.2. The van der Waals surface area contributed by atoms with Crippen LogP contribution in [0.3, 0.4) is 0 Å². The van der Waals surface area contributed by atoms with Crippen molar-refractivity contribution in [2.24, 2.45) is 17.8 Å². The number of fused-ring (bicyclic) bond motifs is 3. The normalized spacial score (nSPS) is 24.1. The number of carbonyl (C=O) groups is 4. The van der Waals surface area contributed by atoms with Crippen LogP contribution in [0.2, 0.25) is 5.02 Å². The Labute approximate surface area is 260 Å². The van der Waals surface area contributed by atoms with Crippen molar-refractivity contribution in [2.45, 2.75) is 25.7 Å². The largest absolute Gasteiger partial charge is 0.508 e. The Balaban J connectivity index is 1.50. The van der Waals surface area contributed by atoms with Gasteiger partial charge in [0.1, 0.15) is 5.75 Å². The molecule has 230 valence electrons. The van der Waals surface area contributed by atoms with Crippen molar-refractivity contribution in [1.29, 1.82) is 0 Å². The minimum atomic E-state index is -1.04. The average Bonchev–Trinajstić information content (AvgIpc) is 3.24. The predicted molar refractivity (Wildman–Crippen MR) is 161 cm³/mol. The quantitative estimate of drug-likeness (QED) is 0.161. The van der Waals surface area contributed by atoms with Gasteiger partial charge in [-0.15, -0.1) is 0 Å². The second kappa shape index (κ2) is 10.5. The molecule has 6 rings (SSSR count). The molecule has 0 aromatic heterocycles. The number of ketones is 2. The highest BCUT2D eigenvalue weighted by Gasteiger charge is 2.57. The van der Waals surface area contributed by atoms with E-state index in [0.717, 1.165) is 17.0 Å². The number of aromatic hydroxyl groups is 1. The molecule has 4 unspecified atom stereocenters. The molecule has 4 aliphatic rings. The number of hydrogen-bond donors (Lipinski definition) is 1. The van der Waals surface area contributed by atoms with Gasteiger partial charge in [-0.25, -0.2) is 4.90 Å². The van der Waals surface area contributed by atoms with E-state index in [0.29, 0.717) is 5.57 Å². The fourth-order valence-electron chi connectivity index (χ4n) is 7.18. The van der Waals surface area contributed by atoms with Crippen LogP contribution in [-0.2, 0) is 19.2 Å². The maximum Gasteiger partial charge on any atom is 0.301 e. The van der Waals surface area contributed by atoms with Gasteiger partial charge in [0, 0.05) is 59.5 Å². The first-order chi connectivity index (χ1) is 21.2. The van der Waals surface area contributed by atoms with Gasteiger partial charge in [0.05, 0.1) is 27.4 Å². The van der Waals surface area contributed by atoms with Gasteiger partial charge in [0.2, 0.25) is 11.8 Å². The molecule has 0 bridgehead atoms. The zero-order valence-corrected chi connectivity index (χ0v) is 24.9. The van der Waals surface area contributed by atoms with E-state index in [1.165, 1.54) is 50.2 Å². The molecule has 1 aliphatic heterocycles. The van der Waals surface area contributed by atoms with Crippen molar-refractivity contribution in [3.05, 3.63) is 95.6 Å². The lowest BCUT2D eigenvalue weighted by molar-refractivity contribution is -0.392. The summed E-state index contributed by atoms with van der Waals surface area (Å²) in [6, 6.07) is 6.27. The van der Waals surface area contributed by atoms with Gasteiger partial charge >= 0.3 is 11.4 Å². The van der Waals surface area contributed by atoms with Gasteiger partial charge in [0.15, 0.2) is 17.3 Å². The summed E-state index contributed by atoms with van der Waals surface area (Å²) in [5.41, 5.74) is -0.532. The van der Waals surface area contributed by atoms with E-state index in [1.807, 2.05) is 0 Å². The average molecular weight is 633 g/mol. The van der Waals surface area contributed by atoms with Crippen LogP contribution >= 0.6 is 11.6 Å². The number of imide groups is 1. The van der Waals surface area contributed by atoms with Crippen molar-refractivity contribution in [3.63, 3.8) is 0 Å². The number of nitrogens with zero attached hydrogens (tertiary/aromatic N) is 4. The first-order valence-electron chi connectivity index (χ1n) is 13.9. The predicted octanol–water partition coefficient (Wildman–Crippen LogP) is 4.56. The number of phenolic OH excluding ortho intramolecular Hbond substituents is 1. The summed E-state index contributed by atoms with van der Waals surface area (Å²) in [6.45, 7) is 1.52. The zero-order chi connectivity index (χ0) is 32.6. The highest BCUT2D eigenvalue weighted by molar-refractivity contribution is 6.30. The van der Waals surface area contributed by atoms with E-state index >= 15 is 0 Å². The van der Waals surface area contributed by atoms with Gasteiger partial charge in [0.25, 0.3) is 0 Å². The Morgan fingerprint density at radius 3 is 2.22 bits per heavy atom. The lowest BCUT2D eigenvalue weighted by Gasteiger charge is -2.42. The molecule has 0 saturated carbocycles. The smallest absolute Gasteiger partial charge is 0.301 e. The molecule has 2 aromatic carbocycles.